The van der Waals surface area contributed by atoms with Gasteiger partial charge in [0.25, 0.3) is 0 Å². The Morgan fingerprint density at radius 3 is 2.67 bits per heavy atom. The topological polar surface area (TPSA) is 87.1 Å². The van der Waals surface area contributed by atoms with Crippen LogP contribution in [-0.4, -0.2) is 45.4 Å². The van der Waals surface area contributed by atoms with Crippen molar-refractivity contribution in [1.82, 2.24) is 0 Å². The third-order valence-corrected chi connectivity index (χ3v) is 9.23. The summed E-state index contributed by atoms with van der Waals surface area (Å²) < 4.78 is 21.6. The summed E-state index contributed by atoms with van der Waals surface area (Å²) in [4.78, 5) is 24.0. The highest BCUT2D eigenvalue weighted by molar-refractivity contribution is 5.92. The van der Waals surface area contributed by atoms with Gasteiger partial charge >= 0.3 is 5.97 Å². The minimum atomic E-state index is -1.82. The molecule has 3 saturated carbocycles. The molecule has 5 nitrogen and oxygen atoms in total. The molecule has 0 aromatic rings. The maximum Gasteiger partial charge on any atom is 0.336 e. The van der Waals surface area contributed by atoms with Gasteiger partial charge in [0.2, 0.25) is 0 Å². The Balaban J connectivity index is 1.63. The normalized spacial score (nSPS) is 58.5. The average molecular weight is 378 g/mol. The van der Waals surface area contributed by atoms with Gasteiger partial charge in [-0.15, -0.1) is 0 Å². The number of alkyl halides is 1. The Kier molecular flexibility index (Phi) is 3.18. The van der Waals surface area contributed by atoms with Crippen LogP contribution in [0, 0.1) is 28.6 Å². The summed E-state index contributed by atoms with van der Waals surface area (Å²) in [5.41, 5.74) is -3.13. The van der Waals surface area contributed by atoms with Crippen molar-refractivity contribution in [1.29, 1.82) is 0 Å². The molecular weight excluding hydrogens is 351 g/mol. The highest BCUT2D eigenvalue weighted by atomic mass is 19.1. The van der Waals surface area contributed by atoms with E-state index in [0.29, 0.717) is 31.3 Å². The standard InChI is InChI=1S/C21H27FO5/c1-10-6-12-13-8-15(22)14-7-11(23)4-5-18(14,2)21(13)16(27-21)9-19(12,3)20(10,26)17(24)25/h7,10,12-13,15-16,26H,4-6,8-9H2,1-3H3,(H,24,25)/t10-,12?,13?,15-,16-,18-,19-,20-,21+/m0/s1. The number of carboxylic acid groups (broad SMARTS) is 1. The lowest BCUT2D eigenvalue weighted by molar-refractivity contribution is -0.184. The van der Waals surface area contributed by atoms with Crippen molar-refractivity contribution in [3.05, 3.63) is 11.6 Å². The minimum Gasteiger partial charge on any atom is -0.479 e. The number of carboxylic acids is 1. The lowest BCUT2D eigenvalue weighted by Crippen LogP contribution is -2.63. The van der Waals surface area contributed by atoms with E-state index >= 15 is 4.39 Å². The number of halogens is 1. The summed E-state index contributed by atoms with van der Waals surface area (Å²) in [7, 11) is 0. The van der Waals surface area contributed by atoms with E-state index in [2.05, 4.69) is 0 Å². The molecule has 0 amide bonds. The predicted molar refractivity (Wildman–Crippen MR) is 93.6 cm³/mol. The lowest BCUT2D eigenvalue weighted by Gasteiger charge is -2.56. The van der Waals surface area contributed by atoms with Crippen LogP contribution in [0.5, 0.6) is 0 Å². The van der Waals surface area contributed by atoms with E-state index < -0.39 is 40.1 Å². The Hall–Kier alpha value is -1.27. The maximum atomic E-state index is 15.3. The molecule has 2 N–H and O–H groups in total. The Morgan fingerprint density at radius 2 is 2.00 bits per heavy atom. The second kappa shape index (κ2) is 4.82. The Morgan fingerprint density at radius 1 is 1.30 bits per heavy atom. The first-order chi connectivity index (χ1) is 12.5. The first-order valence-electron chi connectivity index (χ1n) is 10.0. The maximum absolute atomic E-state index is 15.3. The number of hydrogen-bond donors (Lipinski definition) is 2. The molecule has 0 aromatic carbocycles. The van der Waals surface area contributed by atoms with Gasteiger partial charge in [-0.1, -0.05) is 20.8 Å². The first-order valence-corrected chi connectivity index (χ1v) is 10.0. The number of carbonyl (C=O) groups excluding carboxylic acids is 1. The number of fused-ring (bicyclic) bond motifs is 3. The lowest BCUT2D eigenvalue weighted by atomic mass is 9.45. The number of aliphatic carboxylic acids is 1. The molecule has 2 unspecified atom stereocenters. The van der Waals surface area contributed by atoms with E-state index in [0.717, 1.165) is 0 Å². The summed E-state index contributed by atoms with van der Waals surface area (Å²) in [6.45, 7) is 5.67. The fourth-order valence-electron chi connectivity index (χ4n) is 7.80. The number of epoxide rings is 1. The van der Waals surface area contributed by atoms with Crippen LogP contribution in [-0.2, 0) is 14.3 Å². The average Bonchev–Trinajstić information content (AvgIpc) is 3.27. The summed E-state index contributed by atoms with van der Waals surface area (Å²) in [6.07, 6.45) is 2.34. The SMILES string of the molecule is C[C@H]1CC2C3C[C@H](F)C4=CC(=O)CC[C@]4(C)[C@@]34O[C@H]4C[C@]2(C)[C@@]1(O)C(=O)O. The van der Waals surface area contributed by atoms with Gasteiger partial charge in [0.15, 0.2) is 11.4 Å². The molecule has 27 heavy (non-hydrogen) atoms. The van der Waals surface area contributed by atoms with Gasteiger partial charge in [0, 0.05) is 17.3 Å². The van der Waals surface area contributed by atoms with Crippen molar-refractivity contribution in [2.24, 2.45) is 28.6 Å². The first kappa shape index (κ1) is 17.8. The zero-order valence-electron chi connectivity index (χ0n) is 16.0. The molecule has 5 aliphatic rings. The molecule has 4 fully saturated rings. The van der Waals surface area contributed by atoms with Crippen LogP contribution in [0.4, 0.5) is 4.39 Å². The molecule has 0 bridgehead atoms. The molecule has 1 aliphatic heterocycles. The molecule has 148 valence electrons. The zero-order chi connectivity index (χ0) is 19.6. The number of carbonyl (C=O) groups is 2. The third-order valence-electron chi connectivity index (χ3n) is 9.23. The van der Waals surface area contributed by atoms with Crippen LogP contribution in [0.3, 0.4) is 0 Å². The second-order valence-corrected chi connectivity index (χ2v) is 10.0. The molecule has 6 heteroatoms. The van der Waals surface area contributed by atoms with Crippen molar-refractivity contribution < 1.29 is 28.9 Å². The molecular formula is C21H27FO5. The van der Waals surface area contributed by atoms with Crippen LogP contribution in [0.15, 0.2) is 11.6 Å². The summed E-state index contributed by atoms with van der Waals surface area (Å²) in [5, 5.41) is 21.1. The van der Waals surface area contributed by atoms with Crippen LogP contribution in [0.25, 0.3) is 0 Å². The van der Waals surface area contributed by atoms with Crippen LogP contribution in [0.1, 0.15) is 52.9 Å². The number of aliphatic hydroxyl groups is 1. The number of ketones is 1. The zero-order valence-corrected chi connectivity index (χ0v) is 16.0. The number of ether oxygens (including phenoxy) is 1. The van der Waals surface area contributed by atoms with E-state index in [1.165, 1.54) is 6.08 Å². The van der Waals surface area contributed by atoms with Gasteiger partial charge < -0.3 is 14.9 Å². The van der Waals surface area contributed by atoms with Crippen LogP contribution >= 0.6 is 0 Å². The Labute approximate surface area is 158 Å². The van der Waals surface area contributed by atoms with Gasteiger partial charge in [-0.05, 0) is 55.1 Å². The minimum absolute atomic E-state index is 0.0208. The van der Waals surface area contributed by atoms with Gasteiger partial charge in [-0.25, -0.2) is 9.18 Å². The van der Waals surface area contributed by atoms with Crippen molar-refractivity contribution >= 4 is 11.8 Å². The summed E-state index contributed by atoms with van der Waals surface area (Å²) in [5.74, 6) is -1.84. The molecule has 1 spiro atoms. The van der Waals surface area contributed by atoms with Crippen molar-refractivity contribution in [3.8, 4) is 0 Å². The number of rotatable bonds is 1. The van der Waals surface area contributed by atoms with Crippen molar-refractivity contribution in [2.75, 3.05) is 0 Å². The van der Waals surface area contributed by atoms with Crippen molar-refractivity contribution in [3.63, 3.8) is 0 Å². The Bertz CT molecular complexity index is 793. The third kappa shape index (κ3) is 1.70. The van der Waals surface area contributed by atoms with Gasteiger partial charge in [0.1, 0.15) is 11.8 Å². The van der Waals surface area contributed by atoms with Gasteiger partial charge in [0.05, 0.1) is 6.10 Å². The van der Waals surface area contributed by atoms with Crippen molar-refractivity contribution in [2.45, 2.75) is 76.4 Å². The van der Waals surface area contributed by atoms with E-state index in [9.17, 15) is 19.8 Å². The van der Waals surface area contributed by atoms with E-state index in [4.69, 9.17) is 4.74 Å². The molecule has 0 aromatic heterocycles. The molecule has 9 atom stereocenters. The molecule has 4 aliphatic carbocycles. The fourth-order valence-corrected chi connectivity index (χ4v) is 7.80. The molecule has 0 radical (unpaired) electrons. The van der Waals surface area contributed by atoms with E-state index in [-0.39, 0.29) is 30.1 Å². The second-order valence-electron chi connectivity index (χ2n) is 10.0. The smallest absolute Gasteiger partial charge is 0.336 e. The predicted octanol–water partition coefficient (Wildman–Crippen LogP) is 2.66. The van der Waals surface area contributed by atoms with Gasteiger partial charge in [-0.3, -0.25) is 4.79 Å². The highest BCUT2D eigenvalue weighted by Gasteiger charge is 2.83. The monoisotopic (exact) mass is 378 g/mol. The molecule has 5 rings (SSSR count). The molecule has 1 saturated heterocycles. The van der Waals surface area contributed by atoms with E-state index in [1.54, 1.807) is 6.92 Å². The van der Waals surface area contributed by atoms with Crippen LogP contribution < -0.4 is 0 Å². The summed E-state index contributed by atoms with van der Waals surface area (Å²) in [6, 6.07) is 0. The molecule has 1 heterocycles. The highest BCUT2D eigenvalue weighted by Crippen LogP contribution is 2.77. The summed E-state index contributed by atoms with van der Waals surface area (Å²) >= 11 is 0. The van der Waals surface area contributed by atoms with Gasteiger partial charge in [-0.2, -0.15) is 0 Å². The van der Waals surface area contributed by atoms with E-state index in [1.807, 2.05) is 13.8 Å². The number of hydrogen-bond acceptors (Lipinski definition) is 4. The van der Waals surface area contributed by atoms with Crippen LogP contribution in [0.2, 0.25) is 0 Å². The fraction of sp³-hybridized carbons (Fsp3) is 0.810. The largest absolute Gasteiger partial charge is 0.479 e. The quantitative estimate of drug-likeness (QED) is 0.685.